The van der Waals surface area contributed by atoms with Gasteiger partial charge >= 0.3 is 0 Å². The number of carbonyl (C=O) groups is 1. The third kappa shape index (κ3) is 1.89. The second kappa shape index (κ2) is 4.59. The predicted octanol–water partition coefficient (Wildman–Crippen LogP) is 1.65. The minimum absolute atomic E-state index is 0.121. The molecule has 0 aliphatic carbocycles. The van der Waals surface area contributed by atoms with Crippen molar-refractivity contribution in [3.8, 4) is 0 Å². The van der Waals surface area contributed by atoms with Crippen LogP contribution in [0, 0.1) is 5.92 Å². The number of rotatable bonds is 2. The van der Waals surface area contributed by atoms with E-state index in [0.29, 0.717) is 17.2 Å². The number of pyridine rings is 1. The predicted molar refractivity (Wildman–Crippen MR) is 74.4 cm³/mol. The van der Waals surface area contributed by atoms with Gasteiger partial charge in [0.05, 0.1) is 6.26 Å². The van der Waals surface area contributed by atoms with Crippen molar-refractivity contribution >= 4 is 16.9 Å². The highest BCUT2D eigenvalue weighted by Gasteiger charge is 2.35. The average Bonchev–Trinajstić information content (AvgIpc) is 2.96. The summed E-state index contributed by atoms with van der Waals surface area (Å²) in [6.07, 6.45) is 5.62. The van der Waals surface area contributed by atoms with Crippen LogP contribution in [0.1, 0.15) is 23.3 Å². The van der Waals surface area contributed by atoms with Crippen molar-refractivity contribution < 1.29 is 9.21 Å². The molecule has 0 aromatic carbocycles. The van der Waals surface area contributed by atoms with Gasteiger partial charge < -0.3 is 14.6 Å². The number of fused-ring (bicyclic) bond motifs is 4. The summed E-state index contributed by atoms with van der Waals surface area (Å²) in [6, 6.07) is 3.95. The zero-order valence-corrected chi connectivity index (χ0v) is 11.2. The molecule has 1 N–H and O–H groups in total. The topological polar surface area (TPSA) is 58.4 Å². The van der Waals surface area contributed by atoms with Crippen LogP contribution in [0.5, 0.6) is 0 Å². The van der Waals surface area contributed by atoms with Gasteiger partial charge in [0.2, 0.25) is 0 Å². The molecule has 1 amide bonds. The SMILES string of the molecule is O=C(N[C@H]1CN2CCC1CC2)c1n[13cH]cc2ccoc12. The molecule has 0 radical (unpaired) electrons. The quantitative estimate of drug-likeness (QED) is 0.903. The lowest BCUT2D eigenvalue weighted by molar-refractivity contribution is 0.0618. The maximum absolute atomic E-state index is 12.4. The highest BCUT2D eigenvalue weighted by atomic mass is 16.3. The molecule has 3 aliphatic heterocycles. The Morgan fingerprint density at radius 2 is 2.20 bits per heavy atom. The second-order valence-corrected chi connectivity index (χ2v) is 5.72. The lowest BCUT2D eigenvalue weighted by Crippen LogP contribution is -2.57. The number of hydrogen-bond acceptors (Lipinski definition) is 4. The Balaban J connectivity index is 1.57. The number of furan rings is 1. The molecule has 20 heavy (non-hydrogen) atoms. The summed E-state index contributed by atoms with van der Waals surface area (Å²) >= 11 is 0. The summed E-state index contributed by atoms with van der Waals surface area (Å²) in [7, 11) is 0. The number of nitrogens with zero attached hydrogens (tertiary/aromatic N) is 2. The first kappa shape index (κ1) is 11.9. The summed E-state index contributed by atoms with van der Waals surface area (Å²) in [4.78, 5) is 19.1. The van der Waals surface area contributed by atoms with E-state index in [4.69, 9.17) is 4.42 Å². The molecule has 3 aliphatic rings. The second-order valence-electron chi connectivity index (χ2n) is 5.72. The average molecular weight is 272 g/mol. The minimum atomic E-state index is -0.121. The third-order valence-corrected chi connectivity index (χ3v) is 4.56. The number of nitrogens with one attached hydrogen (secondary N) is 1. The molecule has 3 fully saturated rings. The van der Waals surface area contributed by atoms with E-state index < -0.39 is 0 Å². The van der Waals surface area contributed by atoms with Gasteiger partial charge in [-0.05, 0) is 44.0 Å². The van der Waals surface area contributed by atoms with Crippen LogP contribution in [0.4, 0.5) is 0 Å². The summed E-state index contributed by atoms with van der Waals surface area (Å²) < 4.78 is 5.39. The lowest BCUT2D eigenvalue weighted by Gasteiger charge is -2.44. The van der Waals surface area contributed by atoms with Crippen molar-refractivity contribution in [3.05, 3.63) is 30.3 Å². The Morgan fingerprint density at radius 3 is 2.95 bits per heavy atom. The fourth-order valence-corrected chi connectivity index (χ4v) is 3.42. The van der Waals surface area contributed by atoms with E-state index in [-0.39, 0.29) is 11.9 Å². The van der Waals surface area contributed by atoms with E-state index in [2.05, 4.69) is 15.2 Å². The molecule has 3 saturated heterocycles. The first-order chi connectivity index (χ1) is 9.81. The van der Waals surface area contributed by atoms with Gasteiger partial charge in [-0.1, -0.05) is 0 Å². The Hall–Kier alpha value is -1.88. The molecule has 0 spiro atoms. The zero-order valence-electron chi connectivity index (χ0n) is 11.2. The van der Waals surface area contributed by atoms with Gasteiger partial charge in [0.1, 0.15) is 0 Å². The first-order valence-electron chi connectivity index (χ1n) is 7.17. The fraction of sp³-hybridized carbons (Fsp3) is 0.467. The van der Waals surface area contributed by atoms with Crippen molar-refractivity contribution in [1.29, 1.82) is 0 Å². The van der Waals surface area contributed by atoms with E-state index in [1.165, 1.54) is 25.9 Å². The normalized spacial score (nSPS) is 28.7. The maximum atomic E-state index is 12.4. The van der Waals surface area contributed by atoms with Crippen LogP contribution in [-0.4, -0.2) is 41.5 Å². The van der Waals surface area contributed by atoms with E-state index in [1.54, 1.807) is 12.5 Å². The molecule has 1 atom stereocenters. The largest absolute Gasteiger partial charge is 0.462 e. The monoisotopic (exact) mass is 272 g/mol. The number of aromatic nitrogens is 1. The van der Waals surface area contributed by atoms with Crippen molar-refractivity contribution in [1.82, 2.24) is 15.2 Å². The first-order valence-corrected chi connectivity index (χ1v) is 7.17. The van der Waals surface area contributed by atoms with E-state index in [0.717, 1.165) is 11.9 Å². The van der Waals surface area contributed by atoms with Crippen LogP contribution in [0.25, 0.3) is 11.0 Å². The lowest BCUT2D eigenvalue weighted by atomic mass is 9.84. The van der Waals surface area contributed by atoms with Gasteiger partial charge in [0.15, 0.2) is 11.3 Å². The van der Waals surface area contributed by atoms with Crippen LogP contribution in [0.2, 0.25) is 0 Å². The molecule has 0 saturated carbocycles. The zero-order chi connectivity index (χ0) is 13.5. The Labute approximate surface area is 117 Å². The highest BCUT2D eigenvalue weighted by molar-refractivity contribution is 6.02. The van der Waals surface area contributed by atoms with Crippen molar-refractivity contribution in [2.75, 3.05) is 19.6 Å². The molecule has 0 unspecified atom stereocenters. The maximum Gasteiger partial charge on any atom is 0.274 e. The molecule has 2 aromatic rings. The molecular formula is C15H17N3O2. The highest BCUT2D eigenvalue weighted by Crippen LogP contribution is 2.28. The third-order valence-electron chi connectivity index (χ3n) is 4.56. The summed E-state index contributed by atoms with van der Waals surface area (Å²) in [5.41, 5.74) is 0.968. The standard InChI is InChI=1S/C15H17N3O2/c19-15(13-14-11(1-5-16-13)4-8-20-14)17-12-9-18-6-2-10(12)3-7-18/h1,4-5,8,10,12H,2-3,6-7,9H2,(H,17,19)/t12-/m0/s1/i5+1. The molecule has 2 bridgehead atoms. The Kier molecular flexibility index (Phi) is 2.73. The van der Waals surface area contributed by atoms with Crippen LogP contribution in [0.3, 0.4) is 0 Å². The van der Waals surface area contributed by atoms with E-state index in [1.807, 2.05) is 12.1 Å². The van der Waals surface area contributed by atoms with Gasteiger partial charge in [-0.15, -0.1) is 0 Å². The van der Waals surface area contributed by atoms with Gasteiger partial charge in [0.25, 0.3) is 5.91 Å². The molecule has 5 heteroatoms. The fourth-order valence-electron chi connectivity index (χ4n) is 3.42. The molecule has 5 nitrogen and oxygen atoms in total. The molecule has 5 rings (SSSR count). The Bertz CT molecular complexity index is 643. The molecule has 104 valence electrons. The van der Waals surface area contributed by atoms with Gasteiger partial charge in [-0.3, -0.25) is 4.79 Å². The summed E-state index contributed by atoms with van der Waals surface area (Å²) in [5.74, 6) is 0.490. The van der Waals surface area contributed by atoms with Crippen LogP contribution < -0.4 is 5.32 Å². The summed E-state index contributed by atoms with van der Waals surface area (Å²) in [5, 5.41) is 4.06. The van der Waals surface area contributed by atoms with Crippen molar-refractivity contribution in [2.45, 2.75) is 18.9 Å². The molecular weight excluding hydrogens is 255 g/mol. The summed E-state index contributed by atoms with van der Waals surface area (Å²) in [6.45, 7) is 3.30. The van der Waals surface area contributed by atoms with Gasteiger partial charge in [-0.2, -0.15) is 0 Å². The minimum Gasteiger partial charge on any atom is -0.462 e. The number of hydrogen-bond donors (Lipinski definition) is 1. The number of piperidine rings is 3. The molecule has 5 heterocycles. The smallest absolute Gasteiger partial charge is 0.274 e. The van der Waals surface area contributed by atoms with Crippen LogP contribution in [-0.2, 0) is 0 Å². The van der Waals surface area contributed by atoms with Crippen LogP contribution >= 0.6 is 0 Å². The van der Waals surface area contributed by atoms with Crippen molar-refractivity contribution in [2.24, 2.45) is 5.92 Å². The number of amides is 1. The van der Waals surface area contributed by atoms with E-state index in [9.17, 15) is 4.79 Å². The number of carbonyl (C=O) groups excluding carboxylic acids is 1. The van der Waals surface area contributed by atoms with Gasteiger partial charge in [0, 0.05) is 24.2 Å². The van der Waals surface area contributed by atoms with Crippen molar-refractivity contribution in [3.63, 3.8) is 0 Å². The van der Waals surface area contributed by atoms with Crippen LogP contribution in [0.15, 0.2) is 29.0 Å². The Morgan fingerprint density at radius 1 is 1.35 bits per heavy atom. The molecule has 2 aromatic heterocycles. The van der Waals surface area contributed by atoms with Gasteiger partial charge in [-0.25, -0.2) is 4.98 Å². The van der Waals surface area contributed by atoms with E-state index >= 15 is 0 Å².